The summed E-state index contributed by atoms with van der Waals surface area (Å²) >= 11 is 13.5. The second-order valence-electron chi connectivity index (χ2n) is 8.03. The number of anilines is 1. The number of piperidine rings is 1. The molecule has 176 valence electrons. The molecule has 1 fully saturated rings. The molecule has 3 aromatic rings. The molecule has 2 amide bonds. The van der Waals surface area contributed by atoms with Gasteiger partial charge in [0.1, 0.15) is 4.88 Å². The molecule has 0 radical (unpaired) electrons. The van der Waals surface area contributed by atoms with Gasteiger partial charge in [0.25, 0.3) is 5.91 Å². The van der Waals surface area contributed by atoms with E-state index >= 15 is 0 Å². The number of amides is 2. The summed E-state index contributed by atoms with van der Waals surface area (Å²) in [5.74, 6) is -1.53. The van der Waals surface area contributed by atoms with E-state index in [4.69, 9.17) is 23.2 Å². The zero-order chi connectivity index (χ0) is 24.4. The number of nitrogens with zero attached hydrogens (tertiary/aromatic N) is 2. The smallest absolute Gasteiger partial charge is 0.348 e. The van der Waals surface area contributed by atoms with Gasteiger partial charge in [-0.15, -0.1) is 11.3 Å². The topological polar surface area (TPSA) is 77.9 Å². The average molecular weight is 517 g/mol. The molecular formula is C25H22Cl2N2O4S. The summed E-state index contributed by atoms with van der Waals surface area (Å²) in [6.45, 7) is 2.48. The van der Waals surface area contributed by atoms with Crippen LogP contribution in [0.1, 0.15) is 39.8 Å². The first kappa shape index (κ1) is 24.3. The average Bonchev–Trinajstić information content (AvgIpc) is 3.25. The van der Waals surface area contributed by atoms with Crippen molar-refractivity contribution in [2.45, 2.75) is 25.8 Å². The summed E-state index contributed by atoms with van der Waals surface area (Å²) in [7, 11) is 0. The third kappa shape index (κ3) is 4.97. The molecule has 0 atom stereocenters. The molecule has 1 saturated heterocycles. The van der Waals surface area contributed by atoms with Crippen LogP contribution in [0.3, 0.4) is 0 Å². The molecule has 1 N–H and O–H groups in total. The maximum absolute atomic E-state index is 13.8. The highest BCUT2D eigenvalue weighted by atomic mass is 35.5. The Labute approximate surface area is 211 Å². The number of halogens is 2. The fourth-order valence-corrected chi connectivity index (χ4v) is 5.64. The zero-order valence-corrected chi connectivity index (χ0v) is 20.7. The molecule has 1 aliphatic heterocycles. The molecule has 1 aliphatic rings. The fourth-order valence-electron chi connectivity index (χ4n) is 4.16. The Morgan fingerprint density at radius 1 is 1.03 bits per heavy atom. The number of benzene rings is 2. The van der Waals surface area contributed by atoms with Crippen LogP contribution < -0.4 is 4.90 Å². The Balaban J connectivity index is 1.81. The minimum absolute atomic E-state index is 0.0230. The van der Waals surface area contributed by atoms with E-state index in [1.807, 2.05) is 30.3 Å². The van der Waals surface area contributed by atoms with Crippen LogP contribution >= 0.6 is 34.5 Å². The molecule has 0 bridgehead atoms. The van der Waals surface area contributed by atoms with E-state index in [0.717, 1.165) is 21.8 Å². The van der Waals surface area contributed by atoms with E-state index in [2.05, 4.69) is 0 Å². The highest BCUT2D eigenvalue weighted by Gasteiger charge is 2.35. The third-order valence-corrected chi connectivity index (χ3v) is 7.59. The second-order valence-corrected chi connectivity index (χ2v) is 9.93. The SMILES string of the molecule is CC(=O)N1CCC(N(C(=O)c2ccc(Cl)cc2Cl)c2cc(-c3ccccc3)sc2C(=O)O)CC1. The molecule has 6 nitrogen and oxygen atoms in total. The minimum Gasteiger partial charge on any atom is -0.477 e. The Hall–Kier alpha value is -2.87. The molecule has 4 rings (SSSR count). The Morgan fingerprint density at radius 2 is 1.71 bits per heavy atom. The van der Waals surface area contributed by atoms with Crippen LogP contribution in [0.25, 0.3) is 10.4 Å². The number of likely N-dealkylation sites (tertiary alicyclic amines) is 1. The van der Waals surface area contributed by atoms with Gasteiger partial charge in [-0.25, -0.2) is 4.79 Å². The van der Waals surface area contributed by atoms with Crippen LogP contribution in [0.2, 0.25) is 10.0 Å². The molecule has 0 aliphatic carbocycles. The van der Waals surface area contributed by atoms with Crippen molar-refractivity contribution in [1.29, 1.82) is 0 Å². The minimum atomic E-state index is -1.11. The fraction of sp³-hybridized carbons (Fsp3) is 0.240. The Morgan fingerprint density at radius 3 is 2.29 bits per heavy atom. The summed E-state index contributed by atoms with van der Waals surface area (Å²) in [4.78, 5) is 42.0. The number of hydrogen-bond donors (Lipinski definition) is 1. The lowest BCUT2D eigenvalue weighted by atomic mass is 10.0. The standard InChI is InChI=1S/C25H22Cl2N2O4S/c1-15(30)28-11-9-18(10-12-28)29(24(31)19-8-7-17(26)13-20(19)27)21-14-22(34-23(21)25(32)33)16-5-3-2-4-6-16/h2-8,13-14,18H,9-12H2,1H3,(H,32,33). The number of carbonyl (C=O) groups is 3. The largest absolute Gasteiger partial charge is 0.477 e. The molecule has 0 saturated carbocycles. The van der Waals surface area contributed by atoms with Gasteiger partial charge in [0.05, 0.1) is 16.3 Å². The van der Waals surface area contributed by atoms with Crippen molar-refractivity contribution in [2.75, 3.05) is 18.0 Å². The van der Waals surface area contributed by atoms with Crippen LogP contribution in [0.5, 0.6) is 0 Å². The normalized spacial score (nSPS) is 14.1. The van der Waals surface area contributed by atoms with Crippen molar-refractivity contribution in [1.82, 2.24) is 4.90 Å². The van der Waals surface area contributed by atoms with Gasteiger partial charge >= 0.3 is 5.97 Å². The first-order valence-corrected chi connectivity index (χ1v) is 12.3. The second kappa shape index (κ2) is 10.2. The van der Waals surface area contributed by atoms with Crippen molar-refractivity contribution < 1.29 is 19.5 Å². The maximum atomic E-state index is 13.8. The zero-order valence-electron chi connectivity index (χ0n) is 18.3. The highest BCUT2D eigenvalue weighted by molar-refractivity contribution is 7.18. The first-order valence-electron chi connectivity index (χ1n) is 10.7. The predicted octanol–water partition coefficient (Wildman–Crippen LogP) is 6.08. The number of carboxylic acid groups (broad SMARTS) is 1. The van der Waals surface area contributed by atoms with Gasteiger partial charge in [-0.05, 0) is 42.7 Å². The van der Waals surface area contributed by atoms with Gasteiger partial charge < -0.3 is 14.9 Å². The molecular weight excluding hydrogens is 495 g/mol. The van der Waals surface area contributed by atoms with Gasteiger partial charge in [0, 0.05) is 36.0 Å². The summed E-state index contributed by atoms with van der Waals surface area (Å²) in [6.07, 6.45) is 1.04. The lowest BCUT2D eigenvalue weighted by Gasteiger charge is -2.38. The summed E-state index contributed by atoms with van der Waals surface area (Å²) < 4.78 is 0. The van der Waals surface area contributed by atoms with E-state index < -0.39 is 11.9 Å². The van der Waals surface area contributed by atoms with Crippen LogP contribution in [-0.4, -0.2) is 46.9 Å². The monoisotopic (exact) mass is 516 g/mol. The van der Waals surface area contributed by atoms with E-state index in [-0.39, 0.29) is 27.4 Å². The third-order valence-electron chi connectivity index (χ3n) is 5.88. The maximum Gasteiger partial charge on any atom is 0.348 e. The van der Waals surface area contributed by atoms with Gasteiger partial charge in [-0.1, -0.05) is 53.5 Å². The quantitative estimate of drug-likeness (QED) is 0.445. The molecule has 0 unspecified atom stereocenters. The van der Waals surface area contributed by atoms with Crippen LogP contribution in [0, 0.1) is 0 Å². The highest BCUT2D eigenvalue weighted by Crippen LogP contribution is 2.40. The number of rotatable bonds is 5. The molecule has 2 aromatic carbocycles. The number of thiophene rings is 1. The lowest BCUT2D eigenvalue weighted by Crippen LogP contribution is -2.49. The summed E-state index contributed by atoms with van der Waals surface area (Å²) in [5.41, 5.74) is 1.43. The lowest BCUT2D eigenvalue weighted by molar-refractivity contribution is -0.129. The van der Waals surface area contributed by atoms with Gasteiger partial charge in [-0.2, -0.15) is 0 Å². The van der Waals surface area contributed by atoms with Gasteiger partial charge in [-0.3, -0.25) is 9.59 Å². The van der Waals surface area contributed by atoms with Crippen LogP contribution in [-0.2, 0) is 4.79 Å². The van der Waals surface area contributed by atoms with Crippen molar-refractivity contribution in [3.8, 4) is 10.4 Å². The van der Waals surface area contributed by atoms with Crippen molar-refractivity contribution >= 4 is 58.0 Å². The Bertz CT molecular complexity index is 1240. The van der Waals surface area contributed by atoms with E-state index in [0.29, 0.717) is 36.6 Å². The predicted molar refractivity (Wildman–Crippen MR) is 135 cm³/mol. The number of aromatic carboxylic acids is 1. The molecule has 1 aromatic heterocycles. The molecule has 9 heteroatoms. The van der Waals surface area contributed by atoms with E-state index in [1.165, 1.54) is 13.0 Å². The van der Waals surface area contributed by atoms with Crippen molar-refractivity contribution in [3.05, 3.63) is 75.1 Å². The van der Waals surface area contributed by atoms with Gasteiger partial charge in [0.15, 0.2) is 0 Å². The van der Waals surface area contributed by atoms with E-state index in [9.17, 15) is 19.5 Å². The molecule has 0 spiro atoms. The van der Waals surface area contributed by atoms with Crippen molar-refractivity contribution in [2.24, 2.45) is 0 Å². The first-order chi connectivity index (χ1) is 16.3. The van der Waals surface area contributed by atoms with E-state index in [1.54, 1.807) is 28.0 Å². The number of carbonyl (C=O) groups excluding carboxylic acids is 2. The van der Waals surface area contributed by atoms with Gasteiger partial charge in [0.2, 0.25) is 5.91 Å². The number of carboxylic acids is 1. The summed E-state index contributed by atoms with van der Waals surface area (Å²) in [6, 6.07) is 15.5. The Kier molecular flexibility index (Phi) is 7.26. The van der Waals surface area contributed by atoms with Crippen LogP contribution in [0.15, 0.2) is 54.6 Å². The molecule has 2 heterocycles. The van der Waals surface area contributed by atoms with Crippen LogP contribution in [0.4, 0.5) is 5.69 Å². The van der Waals surface area contributed by atoms with Crippen molar-refractivity contribution in [3.63, 3.8) is 0 Å². The summed E-state index contributed by atoms with van der Waals surface area (Å²) in [5, 5.41) is 10.6. The molecule has 34 heavy (non-hydrogen) atoms. The number of hydrogen-bond acceptors (Lipinski definition) is 4.